The predicted octanol–water partition coefficient (Wildman–Crippen LogP) is 7.89. The van der Waals surface area contributed by atoms with Gasteiger partial charge in [0.2, 0.25) is 5.95 Å². The molecule has 2 aliphatic rings. The van der Waals surface area contributed by atoms with Crippen LogP contribution in [0.3, 0.4) is 0 Å². The molecule has 0 radical (unpaired) electrons. The Morgan fingerprint density at radius 3 is 2.60 bits per heavy atom. The lowest BCUT2D eigenvalue weighted by Gasteiger charge is -2.34. The van der Waals surface area contributed by atoms with Gasteiger partial charge >= 0.3 is 0 Å². The summed E-state index contributed by atoms with van der Waals surface area (Å²) >= 11 is 1.14. The van der Waals surface area contributed by atoms with Crippen LogP contribution in [0.2, 0.25) is 0 Å². The maximum Gasteiger partial charge on any atom is 0.265 e. The number of amides is 1. The minimum Gasteiger partial charge on any atom is -0.362 e. The first kappa shape index (κ1) is 31.0. The fourth-order valence-corrected chi connectivity index (χ4v) is 7.07. The molecule has 3 aromatic heterocycles. The Labute approximate surface area is 269 Å². The van der Waals surface area contributed by atoms with E-state index in [0.717, 1.165) is 48.3 Å². The van der Waals surface area contributed by atoms with E-state index in [4.69, 9.17) is 9.97 Å². The molecule has 4 bridgehead atoms. The number of benzene rings is 1. The first-order valence-corrected chi connectivity index (χ1v) is 16.5. The van der Waals surface area contributed by atoms with Gasteiger partial charge in [-0.05, 0) is 85.9 Å². The van der Waals surface area contributed by atoms with Crippen molar-refractivity contribution < 1.29 is 9.18 Å². The van der Waals surface area contributed by atoms with E-state index in [9.17, 15) is 4.79 Å². The average Bonchev–Trinajstić information content (AvgIpc) is 3.32. The third kappa shape index (κ3) is 6.98. The summed E-state index contributed by atoms with van der Waals surface area (Å²) in [6, 6.07) is 21.3. The molecule has 1 fully saturated rings. The van der Waals surface area contributed by atoms with Crippen LogP contribution in [0.25, 0.3) is 0 Å². The van der Waals surface area contributed by atoms with Crippen molar-refractivity contribution in [2.45, 2.75) is 82.3 Å². The number of anilines is 2. The monoisotopic (exact) mass is 624 g/mol. The summed E-state index contributed by atoms with van der Waals surface area (Å²) in [6.07, 6.45) is 4.90. The minimum atomic E-state index is -0.543. The third-order valence-corrected chi connectivity index (χ3v) is 9.61. The maximum atomic E-state index is 15.7. The second-order valence-electron chi connectivity index (χ2n) is 13.9. The van der Waals surface area contributed by atoms with Crippen molar-refractivity contribution in [3.05, 3.63) is 107 Å². The number of hydrogen-bond acceptors (Lipinski definition) is 7. The smallest absolute Gasteiger partial charge is 0.265 e. The first-order valence-electron chi connectivity index (χ1n) is 15.6. The summed E-state index contributed by atoms with van der Waals surface area (Å²) in [6.45, 7) is 11.6. The molecule has 0 aliphatic carbocycles. The van der Waals surface area contributed by atoms with Crippen LogP contribution in [0.1, 0.15) is 92.7 Å². The first-order chi connectivity index (χ1) is 21.5. The Bertz CT molecular complexity index is 1690. The van der Waals surface area contributed by atoms with Crippen LogP contribution in [0, 0.1) is 11.9 Å². The summed E-state index contributed by atoms with van der Waals surface area (Å²) in [5.41, 5.74) is 3.61. The maximum absolute atomic E-state index is 15.7. The lowest BCUT2D eigenvalue weighted by Crippen LogP contribution is -2.40. The van der Waals surface area contributed by atoms with Gasteiger partial charge in [-0.2, -0.15) is 4.39 Å². The zero-order valence-corrected chi connectivity index (χ0v) is 27.4. The van der Waals surface area contributed by atoms with Crippen LogP contribution in [-0.4, -0.2) is 32.9 Å². The molecule has 2 N–H and O–H groups in total. The fourth-order valence-electron chi connectivity index (χ4n) is 6.47. The SMILES string of the molecule is CC(C)(C)c1ccnc(C2CC[C@@H]3CN(c4nc(F)c(Cc5ccccc5)cc4C(=O)NSc4cccc(n4)N2)C(C)(C)C3)c1. The van der Waals surface area contributed by atoms with Gasteiger partial charge in [0.1, 0.15) is 16.7 Å². The summed E-state index contributed by atoms with van der Waals surface area (Å²) < 4.78 is 18.7. The van der Waals surface area contributed by atoms with Crippen LogP contribution in [0.4, 0.5) is 16.0 Å². The summed E-state index contributed by atoms with van der Waals surface area (Å²) in [5.74, 6) is 0.560. The fraction of sp³-hybridized carbons (Fsp3) is 0.389. The van der Waals surface area contributed by atoms with Crippen molar-refractivity contribution in [3.63, 3.8) is 0 Å². The van der Waals surface area contributed by atoms with Crippen LogP contribution in [-0.2, 0) is 11.8 Å². The molecule has 9 heteroatoms. The molecule has 7 nitrogen and oxygen atoms in total. The standard InChI is InChI=1S/C36H41FN6OS/c1-35(2,3)26-16-17-38-29(20-26)28-15-14-24-21-36(4,5)43(22-24)33-27(34(44)42-45-31-13-9-12-30(39-28)40-31)19-25(32(37)41-33)18-23-10-7-6-8-11-23/h6-13,16-17,19-20,24,28H,14-15,18,21-22H2,1-5H3,(H,39,40)(H,42,44)/t24-,28?/m0/s1. The molecule has 2 aliphatic heterocycles. The van der Waals surface area contributed by atoms with Gasteiger partial charge in [0.05, 0.1) is 17.3 Å². The Morgan fingerprint density at radius 2 is 1.82 bits per heavy atom. The number of nitrogens with one attached hydrogen (secondary N) is 2. The van der Waals surface area contributed by atoms with Crippen molar-refractivity contribution in [1.29, 1.82) is 0 Å². The molecule has 0 spiro atoms. The molecule has 1 amide bonds. The van der Waals surface area contributed by atoms with E-state index in [1.54, 1.807) is 6.07 Å². The highest BCUT2D eigenvalue weighted by Crippen LogP contribution is 2.41. The summed E-state index contributed by atoms with van der Waals surface area (Å²) in [4.78, 5) is 30.0. The second-order valence-corrected chi connectivity index (χ2v) is 14.7. The summed E-state index contributed by atoms with van der Waals surface area (Å²) in [7, 11) is 0. The van der Waals surface area contributed by atoms with Gasteiger partial charge in [-0.3, -0.25) is 14.5 Å². The van der Waals surface area contributed by atoms with Crippen LogP contribution >= 0.6 is 11.9 Å². The molecular weight excluding hydrogens is 584 g/mol. The van der Waals surface area contributed by atoms with Crippen molar-refractivity contribution >= 4 is 29.5 Å². The van der Waals surface area contributed by atoms with E-state index in [-0.39, 0.29) is 22.9 Å². The zero-order chi connectivity index (χ0) is 31.8. The molecule has 1 aromatic carbocycles. The number of fused-ring (bicyclic) bond motifs is 6. The number of halogens is 1. The van der Waals surface area contributed by atoms with E-state index in [2.05, 4.69) is 66.7 Å². The number of aromatic nitrogens is 3. The van der Waals surface area contributed by atoms with Crippen LogP contribution in [0.5, 0.6) is 0 Å². The molecule has 6 rings (SSSR count). The summed E-state index contributed by atoms with van der Waals surface area (Å²) in [5, 5.41) is 4.29. The second kappa shape index (κ2) is 12.4. The highest BCUT2D eigenvalue weighted by Gasteiger charge is 2.41. The Hall–Kier alpha value is -3.98. The number of nitrogens with zero attached hydrogens (tertiary/aromatic N) is 4. The third-order valence-electron chi connectivity index (χ3n) is 8.89. The number of hydrogen-bond donors (Lipinski definition) is 2. The molecule has 45 heavy (non-hydrogen) atoms. The van der Waals surface area contributed by atoms with Gasteiger partial charge in [0.15, 0.2) is 0 Å². The van der Waals surface area contributed by atoms with E-state index in [0.29, 0.717) is 40.9 Å². The Morgan fingerprint density at radius 1 is 1.02 bits per heavy atom. The molecular formula is C36H41FN6OS. The van der Waals surface area contributed by atoms with Crippen molar-refractivity contribution in [1.82, 2.24) is 19.7 Å². The quantitative estimate of drug-likeness (QED) is 0.177. The van der Waals surface area contributed by atoms with E-state index >= 15 is 4.39 Å². The van der Waals surface area contributed by atoms with Crippen molar-refractivity contribution in [2.75, 3.05) is 16.8 Å². The van der Waals surface area contributed by atoms with Crippen LogP contribution in [0.15, 0.2) is 78.0 Å². The Kier molecular flexibility index (Phi) is 8.57. The molecule has 5 heterocycles. The number of carbonyl (C=O) groups excluding carboxylic acids is 1. The Balaban J connectivity index is 1.38. The van der Waals surface area contributed by atoms with Gasteiger partial charge in [-0.1, -0.05) is 57.2 Å². The van der Waals surface area contributed by atoms with Gasteiger partial charge in [-0.15, -0.1) is 0 Å². The number of pyridine rings is 3. The lowest BCUT2D eigenvalue weighted by atomic mass is 9.86. The largest absolute Gasteiger partial charge is 0.362 e. The van der Waals surface area contributed by atoms with E-state index in [1.165, 1.54) is 5.56 Å². The van der Waals surface area contributed by atoms with Gasteiger partial charge in [0, 0.05) is 42.2 Å². The van der Waals surface area contributed by atoms with Crippen molar-refractivity contribution in [2.24, 2.45) is 5.92 Å². The number of carbonyl (C=O) groups is 1. The highest BCUT2D eigenvalue weighted by atomic mass is 32.2. The molecule has 0 saturated carbocycles. The van der Waals surface area contributed by atoms with Gasteiger partial charge in [0.25, 0.3) is 5.91 Å². The lowest BCUT2D eigenvalue weighted by molar-refractivity contribution is 0.0984. The molecule has 234 valence electrons. The predicted molar refractivity (Wildman–Crippen MR) is 179 cm³/mol. The van der Waals surface area contributed by atoms with Crippen LogP contribution < -0.4 is 14.9 Å². The highest BCUT2D eigenvalue weighted by molar-refractivity contribution is 7.97. The zero-order valence-electron chi connectivity index (χ0n) is 26.6. The minimum absolute atomic E-state index is 0.00287. The molecule has 4 aromatic rings. The topological polar surface area (TPSA) is 83.0 Å². The number of rotatable bonds is 3. The molecule has 1 unspecified atom stereocenters. The van der Waals surface area contributed by atoms with Gasteiger partial charge in [-0.25, -0.2) is 9.97 Å². The average molecular weight is 625 g/mol. The molecule has 2 atom stereocenters. The van der Waals surface area contributed by atoms with Crippen molar-refractivity contribution in [3.8, 4) is 0 Å². The van der Waals surface area contributed by atoms with Gasteiger partial charge < -0.3 is 10.2 Å². The molecule has 1 saturated heterocycles. The normalized spacial score (nSPS) is 20.0. The van der Waals surface area contributed by atoms with E-state index in [1.807, 2.05) is 54.7 Å². The van der Waals surface area contributed by atoms with E-state index < -0.39 is 5.95 Å².